The predicted octanol–water partition coefficient (Wildman–Crippen LogP) is 3.05. The number of nitrogens with zero attached hydrogens (tertiary/aromatic N) is 2. The van der Waals surface area contributed by atoms with Crippen LogP contribution in [0.15, 0.2) is 18.2 Å². The van der Waals surface area contributed by atoms with Gasteiger partial charge in [0.25, 0.3) is 5.91 Å². The number of unbranched alkanes of at least 4 members (excludes halogenated alkanes) is 7. The highest BCUT2D eigenvalue weighted by atomic mass is 35.5. The number of nitrogens with two attached hydrogens (primary N) is 2. The molecule has 0 aliphatic carbocycles. The van der Waals surface area contributed by atoms with Crippen molar-refractivity contribution >= 4 is 47.2 Å². The van der Waals surface area contributed by atoms with Crippen LogP contribution >= 0.6 is 11.6 Å². The Bertz CT molecular complexity index is 1150. The predicted molar refractivity (Wildman–Crippen MR) is 161 cm³/mol. The van der Waals surface area contributed by atoms with Crippen molar-refractivity contribution in [1.29, 1.82) is 5.41 Å². The van der Waals surface area contributed by atoms with Crippen molar-refractivity contribution in [3.63, 3.8) is 0 Å². The lowest BCUT2D eigenvalue weighted by Crippen LogP contribution is -2.41. The van der Waals surface area contributed by atoms with Crippen molar-refractivity contribution in [2.45, 2.75) is 76.9 Å². The van der Waals surface area contributed by atoms with Crippen LogP contribution in [-0.2, 0) is 4.79 Å². The summed E-state index contributed by atoms with van der Waals surface area (Å²) in [5, 5.41) is 38.9. The van der Waals surface area contributed by atoms with Crippen LogP contribution in [0, 0.1) is 5.41 Å². The summed E-state index contributed by atoms with van der Waals surface area (Å²) in [6.45, 7) is 3.04. The van der Waals surface area contributed by atoms with Gasteiger partial charge >= 0.3 is 0 Å². The van der Waals surface area contributed by atoms with Gasteiger partial charge in [0.2, 0.25) is 6.41 Å². The Morgan fingerprint density at radius 2 is 1.73 bits per heavy atom. The van der Waals surface area contributed by atoms with Gasteiger partial charge in [0.05, 0.1) is 11.8 Å². The Hall–Kier alpha value is -3.68. The second kappa shape index (κ2) is 17.9. The lowest BCUT2D eigenvalue weighted by molar-refractivity contribution is -0.105. The summed E-state index contributed by atoms with van der Waals surface area (Å²) in [5.74, 6) is -1.10. The average Bonchev–Trinajstić information content (AvgIpc) is 2.93. The maximum atomic E-state index is 12.2. The number of halogens is 1. The average molecular weight is 592 g/mol. The first-order chi connectivity index (χ1) is 19.6. The molecule has 2 atom stereocenters. The number of guanidine groups is 1. The van der Waals surface area contributed by atoms with E-state index in [2.05, 4.69) is 38.2 Å². The van der Waals surface area contributed by atoms with Crippen LogP contribution < -0.4 is 32.7 Å². The number of nitrogen functional groups attached to an aromatic ring is 2. The number of anilines is 3. The molecule has 1 heterocycles. The number of aromatic hydroxyl groups is 1. The van der Waals surface area contributed by atoms with Gasteiger partial charge in [-0.05, 0) is 37.5 Å². The maximum absolute atomic E-state index is 12.2. The number of carbonyl (C=O) groups is 2. The van der Waals surface area contributed by atoms with Crippen molar-refractivity contribution < 1.29 is 19.8 Å². The molecule has 0 aliphatic heterocycles. The molecule has 0 radical (unpaired) electrons. The number of benzene rings is 1. The number of aliphatic hydroxyl groups excluding tert-OH is 1. The molecule has 0 bridgehead atoms. The third kappa shape index (κ3) is 12.2. The van der Waals surface area contributed by atoms with E-state index >= 15 is 0 Å². The quantitative estimate of drug-likeness (QED) is 0.0404. The smallest absolute Gasteiger partial charge is 0.280 e. The number of hydrogen-bond acceptors (Lipinski definition) is 10. The highest BCUT2D eigenvalue weighted by molar-refractivity contribution is 6.31. The summed E-state index contributed by atoms with van der Waals surface area (Å²) in [4.78, 5) is 30.4. The van der Waals surface area contributed by atoms with Crippen LogP contribution in [0.25, 0.3) is 0 Å². The van der Waals surface area contributed by atoms with E-state index in [0.29, 0.717) is 25.1 Å². The number of phenolic OH excluding ortho intramolecular Hbond substituents is 1. The Kier molecular flexibility index (Phi) is 14.6. The lowest BCUT2D eigenvalue weighted by Gasteiger charge is -2.18. The Labute approximate surface area is 245 Å². The monoisotopic (exact) mass is 591 g/mol. The van der Waals surface area contributed by atoms with Gasteiger partial charge in [-0.25, -0.2) is 9.97 Å². The standard InChI is InChI=1S/C27H42ClN9O4/c1-17(33-15-21(40)18-11-12-20(39)19(14-18)34-16-38)10-8-6-4-2-3-5-7-9-13-32-27(31)37-26(41)22-24(29)36-25(30)23(28)35-22/h11-12,14,16-17,21,33,39-40H,2-10,13,15H2,1H3,(H,34,38)(H4,29,30,36)(H3,31,32,37,41)/t17-,21+/m1/s1. The van der Waals surface area contributed by atoms with Crippen LogP contribution in [0.5, 0.6) is 5.75 Å². The van der Waals surface area contributed by atoms with E-state index in [1.165, 1.54) is 18.9 Å². The van der Waals surface area contributed by atoms with Gasteiger partial charge in [-0.1, -0.05) is 62.6 Å². The molecule has 14 heteroatoms. The number of carbonyl (C=O) groups excluding carboxylic acids is 2. The fraction of sp³-hybridized carbons (Fsp3) is 0.519. The molecule has 13 nitrogen and oxygen atoms in total. The molecular weight excluding hydrogens is 550 g/mol. The maximum Gasteiger partial charge on any atom is 0.280 e. The summed E-state index contributed by atoms with van der Waals surface area (Å²) in [5.41, 5.74) is 11.9. The zero-order chi connectivity index (χ0) is 30.2. The molecule has 1 aromatic carbocycles. The van der Waals surface area contributed by atoms with Crippen LogP contribution in [0.3, 0.4) is 0 Å². The molecule has 11 N–H and O–H groups in total. The Morgan fingerprint density at radius 1 is 1.07 bits per heavy atom. The SMILES string of the molecule is C[C@H](CCCCCCCCCCNC(=N)NC(=O)c1nc(Cl)c(N)nc1N)NC[C@H](O)c1ccc(O)c(NC=O)c1. The van der Waals surface area contributed by atoms with E-state index in [1.54, 1.807) is 12.1 Å². The molecule has 1 aromatic heterocycles. The van der Waals surface area contributed by atoms with E-state index in [0.717, 1.165) is 44.9 Å². The van der Waals surface area contributed by atoms with E-state index < -0.39 is 12.0 Å². The van der Waals surface area contributed by atoms with Crippen LogP contribution in [0.1, 0.15) is 86.9 Å². The van der Waals surface area contributed by atoms with Crippen molar-refractivity contribution in [3.8, 4) is 5.75 Å². The lowest BCUT2D eigenvalue weighted by atomic mass is 10.0. The molecule has 0 aliphatic rings. The molecule has 2 rings (SSSR count). The zero-order valence-corrected chi connectivity index (χ0v) is 24.1. The molecular formula is C27H42ClN9O4. The zero-order valence-electron chi connectivity index (χ0n) is 23.4. The van der Waals surface area contributed by atoms with Crippen molar-refractivity contribution in [2.24, 2.45) is 0 Å². The van der Waals surface area contributed by atoms with Crippen LogP contribution in [-0.4, -0.2) is 57.6 Å². The van der Waals surface area contributed by atoms with Crippen LogP contribution in [0.2, 0.25) is 5.15 Å². The topological polar surface area (TPSA) is 224 Å². The number of phenols is 1. The summed E-state index contributed by atoms with van der Waals surface area (Å²) in [6.07, 6.45) is 9.52. The molecule has 2 aromatic rings. The Morgan fingerprint density at radius 3 is 2.41 bits per heavy atom. The van der Waals surface area contributed by atoms with E-state index in [9.17, 15) is 19.8 Å². The molecule has 0 unspecified atom stereocenters. The number of aromatic nitrogens is 2. The second-order valence-electron chi connectivity index (χ2n) is 9.87. The van der Waals surface area contributed by atoms with Gasteiger partial charge in [0.1, 0.15) is 5.75 Å². The molecule has 0 saturated heterocycles. The minimum Gasteiger partial charge on any atom is -0.506 e. The van der Waals surface area contributed by atoms with E-state index in [1.807, 2.05) is 0 Å². The highest BCUT2D eigenvalue weighted by Crippen LogP contribution is 2.26. The normalized spacial score (nSPS) is 12.4. The highest BCUT2D eigenvalue weighted by Gasteiger charge is 2.17. The molecule has 2 amide bonds. The van der Waals surface area contributed by atoms with E-state index in [4.69, 9.17) is 28.5 Å². The van der Waals surface area contributed by atoms with Crippen molar-refractivity contribution in [3.05, 3.63) is 34.6 Å². The summed E-state index contributed by atoms with van der Waals surface area (Å²) in [7, 11) is 0. The number of aliphatic hydroxyl groups is 1. The summed E-state index contributed by atoms with van der Waals surface area (Å²) >= 11 is 5.78. The largest absolute Gasteiger partial charge is 0.506 e. The van der Waals surface area contributed by atoms with Crippen molar-refractivity contribution in [1.82, 2.24) is 25.9 Å². The minimum absolute atomic E-state index is 0.0454. The number of amides is 2. The van der Waals surface area contributed by atoms with Crippen molar-refractivity contribution in [2.75, 3.05) is 29.9 Å². The van der Waals surface area contributed by atoms with Gasteiger partial charge in [-0.2, -0.15) is 0 Å². The number of hydrogen-bond donors (Lipinski definition) is 9. The molecule has 226 valence electrons. The molecule has 41 heavy (non-hydrogen) atoms. The van der Waals surface area contributed by atoms with Gasteiger partial charge in [-0.3, -0.25) is 20.3 Å². The summed E-state index contributed by atoms with van der Waals surface area (Å²) in [6, 6.07) is 4.92. The van der Waals surface area contributed by atoms with Gasteiger partial charge in [0, 0.05) is 19.1 Å². The molecule has 0 spiro atoms. The first-order valence-corrected chi connectivity index (χ1v) is 14.2. The van der Waals surface area contributed by atoms with Gasteiger partial charge < -0.3 is 37.6 Å². The Balaban J connectivity index is 1.46. The first-order valence-electron chi connectivity index (χ1n) is 13.8. The fourth-order valence-corrected chi connectivity index (χ4v) is 4.27. The first kappa shape index (κ1) is 33.5. The third-order valence-electron chi connectivity index (χ3n) is 6.50. The third-order valence-corrected chi connectivity index (χ3v) is 6.78. The summed E-state index contributed by atoms with van der Waals surface area (Å²) < 4.78 is 0. The van der Waals surface area contributed by atoms with Gasteiger partial charge in [0.15, 0.2) is 28.4 Å². The fourth-order valence-electron chi connectivity index (χ4n) is 4.15. The van der Waals surface area contributed by atoms with Crippen LogP contribution in [0.4, 0.5) is 17.3 Å². The van der Waals surface area contributed by atoms with E-state index in [-0.39, 0.29) is 45.9 Å². The molecule has 0 fully saturated rings. The second-order valence-corrected chi connectivity index (χ2v) is 10.2. The molecule has 0 saturated carbocycles. The van der Waals surface area contributed by atoms with Gasteiger partial charge in [-0.15, -0.1) is 0 Å². The number of nitrogens with one attached hydrogen (secondary N) is 5. The number of rotatable bonds is 18. The minimum atomic E-state index is -0.742.